The molecule has 0 spiro atoms. The van der Waals surface area contributed by atoms with Gasteiger partial charge in [0, 0.05) is 18.7 Å². The zero-order valence-corrected chi connectivity index (χ0v) is 11.4. The highest BCUT2D eigenvalue weighted by Crippen LogP contribution is 2.36. The van der Waals surface area contributed by atoms with Gasteiger partial charge in [-0.2, -0.15) is 0 Å². The zero-order chi connectivity index (χ0) is 12.4. The minimum absolute atomic E-state index is 0.245. The average Bonchev–Trinajstić information content (AvgIpc) is 2.36. The van der Waals surface area contributed by atoms with Gasteiger partial charge in [-0.3, -0.25) is 0 Å². The average molecular weight is 304 g/mol. The molecule has 2 rings (SSSR count). The summed E-state index contributed by atoms with van der Waals surface area (Å²) in [6.45, 7) is 3.94. The number of aryl methyl sites for hydroxylation is 1. The fourth-order valence-corrected chi connectivity index (χ4v) is 2.40. The number of halogens is 2. The van der Waals surface area contributed by atoms with Gasteiger partial charge in [0.25, 0.3) is 0 Å². The van der Waals surface area contributed by atoms with Gasteiger partial charge in [-0.1, -0.05) is 0 Å². The van der Waals surface area contributed by atoms with E-state index in [0.29, 0.717) is 23.2 Å². The number of hydrogen-bond donors (Lipinski definition) is 1. The highest BCUT2D eigenvalue weighted by molar-refractivity contribution is 9.10. The summed E-state index contributed by atoms with van der Waals surface area (Å²) in [6.07, 6.45) is -0.246. The van der Waals surface area contributed by atoms with Crippen LogP contribution in [-0.4, -0.2) is 26.8 Å². The predicted molar refractivity (Wildman–Crippen MR) is 67.0 cm³/mol. The van der Waals surface area contributed by atoms with Crippen LogP contribution >= 0.6 is 15.9 Å². The lowest BCUT2D eigenvalue weighted by Gasteiger charge is -2.25. The van der Waals surface area contributed by atoms with Crippen molar-refractivity contribution >= 4 is 15.9 Å². The van der Waals surface area contributed by atoms with Gasteiger partial charge in [-0.05, 0) is 34.5 Å². The Balaban J connectivity index is 2.42. The van der Waals surface area contributed by atoms with E-state index in [-0.39, 0.29) is 17.7 Å². The molecular formula is C12H15BrFNO2. The van der Waals surface area contributed by atoms with Crippen LogP contribution in [0.1, 0.15) is 17.2 Å². The smallest absolute Gasteiger partial charge is 0.172 e. The van der Waals surface area contributed by atoms with Crippen LogP contribution in [-0.2, 0) is 4.74 Å². The molecule has 0 amide bonds. The maximum absolute atomic E-state index is 14.2. The van der Waals surface area contributed by atoms with E-state index >= 15 is 0 Å². The molecular weight excluding hydrogens is 289 g/mol. The van der Waals surface area contributed by atoms with E-state index in [1.165, 1.54) is 7.11 Å². The van der Waals surface area contributed by atoms with Gasteiger partial charge in [-0.15, -0.1) is 0 Å². The molecule has 1 aromatic carbocycles. The van der Waals surface area contributed by atoms with Gasteiger partial charge in [0.15, 0.2) is 11.6 Å². The van der Waals surface area contributed by atoms with Crippen molar-refractivity contribution < 1.29 is 13.9 Å². The van der Waals surface area contributed by atoms with Gasteiger partial charge >= 0.3 is 0 Å². The summed E-state index contributed by atoms with van der Waals surface area (Å²) in [5, 5.41) is 3.19. The third-order valence-electron chi connectivity index (χ3n) is 2.85. The summed E-state index contributed by atoms with van der Waals surface area (Å²) >= 11 is 3.33. The molecule has 1 aliphatic heterocycles. The van der Waals surface area contributed by atoms with Gasteiger partial charge in [0.05, 0.1) is 24.3 Å². The van der Waals surface area contributed by atoms with Crippen molar-refractivity contribution in [2.45, 2.75) is 13.0 Å². The molecule has 1 aliphatic rings. The SMILES string of the molecule is COc1c(F)c(C2CNCCO2)cc(C)c1Br. The van der Waals surface area contributed by atoms with E-state index in [4.69, 9.17) is 9.47 Å². The van der Waals surface area contributed by atoms with Crippen LogP contribution in [0.3, 0.4) is 0 Å². The molecule has 1 heterocycles. The van der Waals surface area contributed by atoms with Crippen molar-refractivity contribution in [3.8, 4) is 5.75 Å². The minimum atomic E-state index is -0.348. The van der Waals surface area contributed by atoms with Gasteiger partial charge in [0.1, 0.15) is 0 Å². The van der Waals surface area contributed by atoms with Crippen LogP contribution < -0.4 is 10.1 Å². The van der Waals surface area contributed by atoms with Crippen molar-refractivity contribution in [3.63, 3.8) is 0 Å². The quantitative estimate of drug-likeness (QED) is 0.911. The van der Waals surface area contributed by atoms with Crippen LogP contribution in [0.4, 0.5) is 4.39 Å². The second-order valence-corrected chi connectivity index (χ2v) is 4.80. The Hall–Kier alpha value is -0.650. The van der Waals surface area contributed by atoms with Crippen molar-refractivity contribution in [2.24, 2.45) is 0 Å². The predicted octanol–water partition coefficient (Wildman–Crippen LogP) is 2.57. The fraction of sp³-hybridized carbons (Fsp3) is 0.500. The van der Waals surface area contributed by atoms with E-state index in [0.717, 1.165) is 12.1 Å². The lowest BCUT2D eigenvalue weighted by molar-refractivity contribution is 0.0252. The normalized spacial score (nSPS) is 20.4. The largest absolute Gasteiger partial charge is 0.492 e. The Morgan fingerprint density at radius 3 is 2.94 bits per heavy atom. The molecule has 0 bridgehead atoms. The summed E-state index contributed by atoms with van der Waals surface area (Å²) in [5.74, 6) is -0.104. The molecule has 1 unspecified atom stereocenters. The molecule has 1 aromatic rings. The van der Waals surface area contributed by atoms with Gasteiger partial charge in [0.2, 0.25) is 0 Å². The maximum Gasteiger partial charge on any atom is 0.172 e. The Morgan fingerprint density at radius 2 is 2.35 bits per heavy atom. The lowest BCUT2D eigenvalue weighted by Crippen LogP contribution is -2.33. The molecule has 3 nitrogen and oxygen atoms in total. The topological polar surface area (TPSA) is 30.5 Å². The summed E-state index contributed by atoms with van der Waals surface area (Å²) in [5.41, 5.74) is 1.49. The van der Waals surface area contributed by atoms with E-state index in [9.17, 15) is 4.39 Å². The highest BCUT2D eigenvalue weighted by Gasteiger charge is 2.24. The number of rotatable bonds is 2. The summed E-state index contributed by atoms with van der Waals surface area (Å²) in [6, 6.07) is 1.81. The highest BCUT2D eigenvalue weighted by atomic mass is 79.9. The number of ether oxygens (including phenoxy) is 2. The lowest BCUT2D eigenvalue weighted by atomic mass is 10.0. The number of morpholine rings is 1. The Bertz CT molecular complexity index is 419. The first-order valence-corrected chi connectivity index (χ1v) is 6.29. The first-order chi connectivity index (χ1) is 8.15. The zero-order valence-electron chi connectivity index (χ0n) is 9.85. The van der Waals surface area contributed by atoms with Crippen molar-refractivity contribution in [1.29, 1.82) is 0 Å². The molecule has 94 valence electrons. The number of hydrogen-bond acceptors (Lipinski definition) is 3. The molecule has 0 aliphatic carbocycles. The van der Waals surface area contributed by atoms with E-state index in [1.54, 1.807) is 6.07 Å². The van der Waals surface area contributed by atoms with Crippen LogP contribution in [0, 0.1) is 12.7 Å². The maximum atomic E-state index is 14.2. The third kappa shape index (κ3) is 2.46. The Labute approximate surface area is 108 Å². The number of nitrogens with one attached hydrogen (secondary N) is 1. The van der Waals surface area contributed by atoms with Crippen molar-refractivity contribution in [3.05, 3.63) is 27.5 Å². The summed E-state index contributed by atoms with van der Waals surface area (Å²) < 4.78 is 25.5. The van der Waals surface area contributed by atoms with Crippen LogP contribution in [0.2, 0.25) is 0 Å². The third-order valence-corrected chi connectivity index (χ3v) is 3.83. The fourth-order valence-electron chi connectivity index (χ4n) is 1.95. The second kappa shape index (κ2) is 5.33. The van der Waals surface area contributed by atoms with Gasteiger partial charge < -0.3 is 14.8 Å². The molecule has 0 radical (unpaired) electrons. The molecule has 0 saturated carbocycles. The molecule has 5 heteroatoms. The monoisotopic (exact) mass is 303 g/mol. The van der Waals surface area contributed by atoms with E-state index in [1.807, 2.05) is 6.92 Å². The van der Waals surface area contributed by atoms with Crippen molar-refractivity contribution in [2.75, 3.05) is 26.8 Å². The summed E-state index contributed by atoms with van der Waals surface area (Å²) in [7, 11) is 1.46. The molecule has 1 atom stereocenters. The van der Waals surface area contributed by atoms with E-state index < -0.39 is 0 Å². The molecule has 0 aromatic heterocycles. The van der Waals surface area contributed by atoms with Crippen molar-refractivity contribution in [1.82, 2.24) is 5.32 Å². The molecule has 17 heavy (non-hydrogen) atoms. The first-order valence-electron chi connectivity index (χ1n) is 5.50. The molecule has 1 fully saturated rings. The van der Waals surface area contributed by atoms with Gasteiger partial charge in [-0.25, -0.2) is 4.39 Å². The Kier molecular flexibility index (Phi) is 4.01. The van der Waals surface area contributed by atoms with Crippen LogP contribution in [0.5, 0.6) is 5.75 Å². The Morgan fingerprint density at radius 1 is 1.59 bits per heavy atom. The number of benzene rings is 1. The first kappa shape index (κ1) is 12.8. The van der Waals surface area contributed by atoms with Crippen LogP contribution in [0.15, 0.2) is 10.5 Å². The minimum Gasteiger partial charge on any atom is -0.492 e. The second-order valence-electron chi connectivity index (χ2n) is 4.01. The van der Waals surface area contributed by atoms with Crippen LogP contribution in [0.25, 0.3) is 0 Å². The number of methoxy groups -OCH3 is 1. The molecule has 1 N–H and O–H groups in total. The molecule has 1 saturated heterocycles. The standard InChI is InChI=1S/C12H15BrFNO2/c1-7-5-8(9-6-15-3-4-17-9)11(14)12(16-2)10(7)13/h5,9,15H,3-4,6H2,1-2H3. The van der Waals surface area contributed by atoms with E-state index in [2.05, 4.69) is 21.2 Å². The summed E-state index contributed by atoms with van der Waals surface area (Å²) in [4.78, 5) is 0.